The molecule has 0 aromatic heterocycles. The number of nitrogens with zero attached hydrogens (tertiary/aromatic N) is 1. The molecule has 1 heterocycles. The van der Waals surface area contributed by atoms with Crippen molar-refractivity contribution in [3.63, 3.8) is 0 Å². The zero-order valence-electron chi connectivity index (χ0n) is 14.5. The summed E-state index contributed by atoms with van der Waals surface area (Å²) in [5.41, 5.74) is 1.94. The summed E-state index contributed by atoms with van der Waals surface area (Å²) in [7, 11) is 1.26. The van der Waals surface area contributed by atoms with Crippen molar-refractivity contribution >= 4 is 17.6 Å². The fourth-order valence-corrected chi connectivity index (χ4v) is 2.87. The Balaban J connectivity index is 1.63. The van der Waals surface area contributed by atoms with Crippen molar-refractivity contribution in [3.05, 3.63) is 53.6 Å². The maximum absolute atomic E-state index is 12.4. The van der Waals surface area contributed by atoms with Crippen molar-refractivity contribution in [3.8, 4) is 11.5 Å². The van der Waals surface area contributed by atoms with Gasteiger partial charge in [0.25, 0.3) is 5.91 Å². The predicted octanol–water partition coefficient (Wildman–Crippen LogP) is 3.04. The number of benzene rings is 2. The summed E-state index contributed by atoms with van der Waals surface area (Å²) < 4.78 is 39.0. The molecule has 0 atom stereocenters. The lowest BCUT2D eigenvalue weighted by molar-refractivity contribution is -0.121. The molecule has 0 spiro atoms. The quantitative estimate of drug-likeness (QED) is 0.724. The minimum Gasteiger partial charge on any atom is -0.493 e. The summed E-state index contributed by atoms with van der Waals surface area (Å²) >= 11 is 0. The maximum Gasteiger partial charge on any atom is 0.387 e. The summed E-state index contributed by atoms with van der Waals surface area (Å²) in [6.07, 6.45) is 0.749. The first-order valence-corrected chi connectivity index (χ1v) is 8.18. The van der Waals surface area contributed by atoms with Crippen molar-refractivity contribution in [2.45, 2.75) is 13.0 Å². The monoisotopic (exact) mass is 377 g/mol. The van der Waals surface area contributed by atoms with Crippen LogP contribution in [0.4, 0.5) is 14.5 Å². The molecule has 0 saturated heterocycles. The SMILES string of the molecule is COc1cc(C(=O)OCC(=O)N2CCc3ccccc32)ccc1OC(F)F. The van der Waals surface area contributed by atoms with Crippen LogP contribution in [0.1, 0.15) is 15.9 Å². The molecule has 0 radical (unpaired) electrons. The number of carbonyl (C=O) groups excluding carboxylic acids is 2. The molecule has 0 N–H and O–H groups in total. The molecule has 2 aromatic carbocycles. The maximum atomic E-state index is 12.4. The van der Waals surface area contributed by atoms with Crippen LogP contribution in [0.3, 0.4) is 0 Å². The molecule has 6 nitrogen and oxygen atoms in total. The Morgan fingerprint density at radius 1 is 1.15 bits per heavy atom. The molecule has 8 heteroatoms. The highest BCUT2D eigenvalue weighted by Crippen LogP contribution is 2.30. The molecule has 0 fully saturated rings. The second-order valence-corrected chi connectivity index (χ2v) is 5.74. The minimum atomic E-state index is -3.02. The number of para-hydroxylation sites is 1. The number of methoxy groups -OCH3 is 1. The molecule has 1 aliphatic rings. The zero-order valence-corrected chi connectivity index (χ0v) is 14.5. The van der Waals surface area contributed by atoms with Crippen LogP contribution in [0.2, 0.25) is 0 Å². The van der Waals surface area contributed by atoms with Crippen LogP contribution in [0.25, 0.3) is 0 Å². The largest absolute Gasteiger partial charge is 0.493 e. The number of alkyl halides is 2. The van der Waals surface area contributed by atoms with Crippen LogP contribution in [0.15, 0.2) is 42.5 Å². The zero-order chi connectivity index (χ0) is 19.4. The molecule has 0 unspecified atom stereocenters. The van der Waals surface area contributed by atoms with E-state index in [9.17, 15) is 18.4 Å². The third-order valence-electron chi connectivity index (χ3n) is 4.13. The van der Waals surface area contributed by atoms with Crippen molar-refractivity contribution in [2.24, 2.45) is 0 Å². The number of rotatable bonds is 6. The fraction of sp³-hybridized carbons (Fsp3) is 0.263. The number of carbonyl (C=O) groups is 2. The standard InChI is InChI=1S/C19H17F2NO5/c1-25-16-10-13(6-7-15(16)27-19(20)21)18(24)26-11-17(23)22-9-8-12-4-2-3-5-14(12)22/h2-7,10,19H,8-9,11H2,1H3. The Hall–Kier alpha value is -3.16. The highest BCUT2D eigenvalue weighted by atomic mass is 19.3. The lowest BCUT2D eigenvalue weighted by atomic mass is 10.2. The first-order valence-electron chi connectivity index (χ1n) is 8.18. The van der Waals surface area contributed by atoms with Crippen LogP contribution in [-0.2, 0) is 16.0 Å². The molecular formula is C19H17F2NO5. The van der Waals surface area contributed by atoms with Gasteiger partial charge in [-0.05, 0) is 36.2 Å². The van der Waals surface area contributed by atoms with Crippen LogP contribution >= 0.6 is 0 Å². The smallest absolute Gasteiger partial charge is 0.387 e. The van der Waals surface area contributed by atoms with E-state index in [0.717, 1.165) is 17.7 Å². The lowest BCUT2D eigenvalue weighted by Crippen LogP contribution is -2.33. The van der Waals surface area contributed by atoms with Gasteiger partial charge in [-0.25, -0.2) is 4.79 Å². The Kier molecular flexibility index (Phi) is 5.54. The van der Waals surface area contributed by atoms with E-state index in [2.05, 4.69) is 4.74 Å². The summed E-state index contributed by atoms with van der Waals surface area (Å²) in [5, 5.41) is 0. The fourth-order valence-electron chi connectivity index (χ4n) is 2.87. The Bertz CT molecular complexity index is 856. The van der Waals surface area contributed by atoms with Gasteiger partial charge >= 0.3 is 12.6 Å². The van der Waals surface area contributed by atoms with E-state index in [1.165, 1.54) is 25.3 Å². The van der Waals surface area contributed by atoms with Gasteiger partial charge in [-0.1, -0.05) is 18.2 Å². The van der Waals surface area contributed by atoms with E-state index in [4.69, 9.17) is 9.47 Å². The van der Waals surface area contributed by atoms with Crippen LogP contribution in [0.5, 0.6) is 11.5 Å². The molecule has 1 amide bonds. The topological polar surface area (TPSA) is 65.1 Å². The highest BCUT2D eigenvalue weighted by molar-refractivity contribution is 5.98. The van der Waals surface area contributed by atoms with Crippen LogP contribution in [-0.4, -0.2) is 38.7 Å². The van der Waals surface area contributed by atoms with Gasteiger partial charge in [0.2, 0.25) is 0 Å². The third-order valence-corrected chi connectivity index (χ3v) is 4.13. The highest BCUT2D eigenvalue weighted by Gasteiger charge is 2.25. The van der Waals surface area contributed by atoms with Crippen LogP contribution in [0, 0.1) is 0 Å². The van der Waals surface area contributed by atoms with E-state index < -0.39 is 19.2 Å². The summed E-state index contributed by atoms with van der Waals surface area (Å²) in [4.78, 5) is 26.1. The molecular weight excluding hydrogens is 360 g/mol. The summed E-state index contributed by atoms with van der Waals surface area (Å²) in [6.45, 7) is -2.91. The predicted molar refractivity (Wildman–Crippen MR) is 92.4 cm³/mol. The second kappa shape index (κ2) is 8.03. The average Bonchev–Trinajstić information content (AvgIpc) is 3.10. The van der Waals surface area contributed by atoms with E-state index in [-0.39, 0.29) is 23.0 Å². The van der Waals surface area contributed by atoms with E-state index in [1.807, 2.05) is 24.3 Å². The van der Waals surface area contributed by atoms with E-state index in [0.29, 0.717) is 6.54 Å². The van der Waals surface area contributed by atoms with Gasteiger partial charge in [0.15, 0.2) is 18.1 Å². The number of fused-ring (bicyclic) bond motifs is 1. The molecule has 142 valence electrons. The molecule has 2 aromatic rings. The summed E-state index contributed by atoms with van der Waals surface area (Å²) in [5.74, 6) is -1.34. The van der Waals surface area contributed by atoms with Gasteiger partial charge < -0.3 is 19.1 Å². The molecule has 27 heavy (non-hydrogen) atoms. The van der Waals surface area contributed by atoms with Gasteiger partial charge in [0.1, 0.15) is 0 Å². The van der Waals surface area contributed by atoms with Crippen molar-refractivity contribution < 1.29 is 32.6 Å². The number of anilines is 1. The number of hydrogen-bond donors (Lipinski definition) is 0. The summed E-state index contributed by atoms with van der Waals surface area (Å²) in [6, 6.07) is 11.2. The van der Waals surface area contributed by atoms with E-state index >= 15 is 0 Å². The Morgan fingerprint density at radius 3 is 2.67 bits per heavy atom. The number of halogens is 2. The van der Waals surface area contributed by atoms with Gasteiger partial charge in [-0.3, -0.25) is 4.79 Å². The third kappa shape index (κ3) is 4.16. The van der Waals surface area contributed by atoms with Gasteiger partial charge in [-0.15, -0.1) is 0 Å². The number of amides is 1. The first-order chi connectivity index (χ1) is 13.0. The average molecular weight is 377 g/mol. The molecule has 0 saturated carbocycles. The minimum absolute atomic E-state index is 0.0375. The van der Waals surface area contributed by atoms with Gasteiger partial charge in [0.05, 0.1) is 12.7 Å². The molecule has 0 aliphatic carbocycles. The lowest BCUT2D eigenvalue weighted by Gasteiger charge is -2.17. The first kappa shape index (κ1) is 18.6. The Labute approximate surface area is 154 Å². The molecule has 1 aliphatic heterocycles. The van der Waals surface area contributed by atoms with Gasteiger partial charge in [0, 0.05) is 12.2 Å². The molecule has 0 bridgehead atoms. The van der Waals surface area contributed by atoms with E-state index in [1.54, 1.807) is 4.90 Å². The number of ether oxygens (including phenoxy) is 3. The van der Waals surface area contributed by atoms with Crippen molar-refractivity contribution in [2.75, 3.05) is 25.2 Å². The van der Waals surface area contributed by atoms with Crippen molar-refractivity contribution in [1.82, 2.24) is 0 Å². The van der Waals surface area contributed by atoms with Crippen molar-refractivity contribution in [1.29, 1.82) is 0 Å². The number of esters is 1. The Morgan fingerprint density at radius 2 is 1.93 bits per heavy atom. The normalized spacial score (nSPS) is 12.7. The van der Waals surface area contributed by atoms with Gasteiger partial charge in [-0.2, -0.15) is 8.78 Å². The number of hydrogen-bond acceptors (Lipinski definition) is 5. The second-order valence-electron chi connectivity index (χ2n) is 5.74. The van der Waals surface area contributed by atoms with Crippen LogP contribution < -0.4 is 14.4 Å². The molecule has 3 rings (SSSR count).